The monoisotopic (exact) mass is 508 g/mol. The zero-order valence-corrected chi connectivity index (χ0v) is 12.4. The summed E-state index contributed by atoms with van der Waals surface area (Å²) in [4.78, 5) is 9.99. The van der Waals surface area contributed by atoms with E-state index < -0.39 is 6.16 Å². The van der Waals surface area contributed by atoms with Gasteiger partial charge < -0.3 is 9.84 Å². The first-order valence-corrected chi connectivity index (χ1v) is 6.72. The second kappa shape index (κ2) is 7.59. The lowest BCUT2D eigenvalue weighted by Gasteiger charge is -2.02. The maximum absolute atomic E-state index is 9.99. The van der Waals surface area contributed by atoms with Crippen molar-refractivity contribution in [2.75, 3.05) is 6.61 Å². The van der Waals surface area contributed by atoms with Crippen molar-refractivity contribution in [2.24, 2.45) is 0 Å². The van der Waals surface area contributed by atoms with Gasteiger partial charge in [0, 0.05) is 0 Å². The van der Waals surface area contributed by atoms with Crippen LogP contribution in [-0.2, 0) is 4.74 Å². The number of alkyl halides is 3. The lowest BCUT2D eigenvalue weighted by Crippen LogP contribution is -2.09. The number of carboxylic acid groups (broad SMARTS) is 1. The van der Waals surface area contributed by atoms with Gasteiger partial charge in [0.15, 0.2) is 0 Å². The molecular weight excluding hydrogens is 501 g/mol. The predicted octanol–water partition coefficient (Wildman–Crippen LogP) is 3.24. The van der Waals surface area contributed by atoms with Crippen LogP contribution in [0.3, 0.4) is 0 Å². The molecule has 0 spiro atoms. The van der Waals surface area contributed by atoms with Crippen molar-refractivity contribution in [3.05, 3.63) is 12.2 Å². The van der Waals surface area contributed by atoms with Crippen LogP contribution in [0.1, 0.15) is 0 Å². The van der Waals surface area contributed by atoms with Crippen molar-refractivity contribution in [2.45, 2.75) is 5.86 Å². The van der Waals surface area contributed by atoms with E-state index in [4.69, 9.17) is 5.11 Å². The zero-order valence-electron chi connectivity index (χ0n) is 5.91. The predicted molar refractivity (Wildman–Crippen MR) is 72.8 cm³/mol. The van der Waals surface area contributed by atoms with Crippen LogP contribution in [-0.4, -0.2) is 23.7 Å². The van der Waals surface area contributed by atoms with Gasteiger partial charge in [-0.3, -0.25) is 0 Å². The minimum absolute atomic E-state index is 0.116. The average molecular weight is 508 g/mol. The first-order chi connectivity index (χ1) is 5.52. The number of allylic oxidation sites excluding steroid dienone is 1. The van der Waals surface area contributed by atoms with Crippen molar-refractivity contribution in [1.29, 1.82) is 0 Å². The number of carbonyl (C=O) groups is 1. The number of hydrogen-bond acceptors (Lipinski definition) is 2. The van der Waals surface area contributed by atoms with Gasteiger partial charge in [-0.2, -0.15) is 0 Å². The summed E-state index contributed by atoms with van der Waals surface area (Å²) in [5, 5.41) is 8.19. The maximum Gasteiger partial charge on any atom is 0.505 e. The van der Waals surface area contributed by atoms with E-state index in [1.165, 1.54) is 0 Å². The first-order valence-electron chi connectivity index (χ1n) is 2.98. The molecule has 1 unspecified atom stereocenters. The van der Waals surface area contributed by atoms with Crippen molar-refractivity contribution >= 4 is 73.9 Å². The lowest BCUT2D eigenvalue weighted by atomic mass is 10.4. The molecule has 0 fully saturated rings. The van der Waals surface area contributed by atoms with E-state index in [9.17, 15) is 4.79 Å². The Hall–Kier alpha value is 1.20. The van der Waals surface area contributed by atoms with Crippen LogP contribution in [0, 0.1) is 0 Å². The van der Waals surface area contributed by atoms with Gasteiger partial charge in [0.1, 0.15) is 6.61 Å². The minimum Gasteiger partial charge on any atom is -0.450 e. The molecule has 0 saturated carbocycles. The van der Waals surface area contributed by atoms with Crippen LogP contribution < -0.4 is 0 Å². The summed E-state index contributed by atoms with van der Waals surface area (Å²) in [5.74, 6) is 0. The Morgan fingerprint density at radius 1 is 1.42 bits per heavy atom. The third kappa shape index (κ3) is 9.29. The summed E-state index contributed by atoms with van der Waals surface area (Å²) in [5.41, 5.74) is 0. The van der Waals surface area contributed by atoms with E-state index in [-0.39, 0.29) is 10.5 Å². The normalized spacial score (nSPS) is 13.7. The highest BCUT2D eigenvalue weighted by Gasteiger charge is 2.03. The lowest BCUT2D eigenvalue weighted by molar-refractivity contribution is 0.0950. The van der Waals surface area contributed by atoms with Gasteiger partial charge in [-0.1, -0.05) is 79.9 Å². The fourth-order valence-electron chi connectivity index (χ4n) is 0.411. The molecular formula is C6H7I3O3. The summed E-state index contributed by atoms with van der Waals surface area (Å²) >= 11 is 6.64. The molecule has 0 heterocycles. The van der Waals surface area contributed by atoms with E-state index in [1.807, 2.05) is 12.2 Å². The Labute approximate surface area is 112 Å². The Balaban J connectivity index is 3.59. The van der Waals surface area contributed by atoms with E-state index >= 15 is 0 Å². The fourth-order valence-corrected chi connectivity index (χ4v) is 1.31. The molecule has 0 radical (unpaired) electrons. The fraction of sp³-hybridized carbons (Fsp3) is 0.500. The van der Waals surface area contributed by atoms with Crippen molar-refractivity contribution in [3.63, 3.8) is 0 Å². The summed E-state index contributed by atoms with van der Waals surface area (Å²) in [6.45, 7) is 0.215. The molecule has 70 valence electrons. The highest BCUT2D eigenvalue weighted by molar-refractivity contribution is 14.2. The molecule has 0 rings (SSSR count). The number of ether oxygens (including phenoxy) is 1. The summed E-state index contributed by atoms with van der Waals surface area (Å²) in [7, 11) is 0. The Morgan fingerprint density at radius 3 is 2.42 bits per heavy atom. The molecule has 0 aromatic heterocycles. The van der Waals surface area contributed by atoms with Crippen LogP contribution in [0.2, 0.25) is 0 Å². The van der Waals surface area contributed by atoms with Gasteiger partial charge in [0.05, 0.1) is 5.86 Å². The molecule has 12 heavy (non-hydrogen) atoms. The molecule has 6 heteroatoms. The first kappa shape index (κ1) is 13.2. The minimum atomic E-state index is -1.22. The Kier molecular flexibility index (Phi) is 8.35. The van der Waals surface area contributed by atoms with Crippen molar-refractivity contribution < 1.29 is 14.6 Å². The molecule has 0 aliphatic heterocycles. The third-order valence-corrected chi connectivity index (χ3v) is 2.44. The van der Waals surface area contributed by atoms with Gasteiger partial charge in [-0.05, 0) is 0 Å². The van der Waals surface area contributed by atoms with E-state index in [2.05, 4.69) is 72.5 Å². The van der Waals surface area contributed by atoms with Crippen LogP contribution >= 0.6 is 67.8 Å². The van der Waals surface area contributed by atoms with Crippen LogP contribution in [0.4, 0.5) is 4.79 Å². The zero-order chi connectivity index (χ0) is 9.56. The van der Waals surface area contributed by atoms with Gasteiger partial charge in [-0.15, -0.1) is 0 Å². The third-order valence-electron chi connectivity index (χ3n) is 0.831. The molecule has 0 aliphatic carbocycles. The van der Waals surface area contributed by atoms with E-state index in [0.29, 0.717) is 1.93 Å². The maximum atomic E-state index is 9.99. The molecule has 0 aliphatic rings. The summed E-state index contributed by atoms with van der Waals surface area (Å²) in [6.07, 6.45) is 2.72. The smallest absolute Gasteiger partial charge is 0.450 e. The quantitative estimate of drug-likeness (QED) is 0.275. The molecule has 1 atom stereocenters. The summed E-state index contributed by atoms with van der Waals surface area (Å²) in [6, 6.07) is 0. The average Bonchev–Trinajstić information content (AvgIpc) is 1.96. The highest BCUT2D eigenvalue weighted by atomic mass is 127. The van der Waals surface area contributed by atoms with Gasteiger partial charge in [0.25, 0.3) is 0 Å². The topological polar surface area (TPSA) is 46.5 Å². The SMILES string of the molecule is O=C(O)OCC(I)C=CC(I)I. The number of rotatable bonds is 4. The Bertz CT molecular complexity index is 169. The second-order valence-corrected chi connectivity index (χ2v) is 8.48. The van der Waals surface area contributed by atoms with Gasteiger partial charge >= 0.3 is 6.16 Å². The van der Waals surface area contributed by atoms with E-state index in [0.717, 1.165) is 0 Å². The molecule has 0 saturated heterocycles. The summed E-state index contributed by atoms with van der Waals surface area (Å²) < 4.78 is 4.94. The van der Waals surface area contributed by atoms with Crippen LogP contribution in [0.25, 0.3) is 0 Å². The standard InChI is InChI=1S/C6H7I3O3/c7-4(1-2-5(8)9)3-12-6(10)11/h1-2,4-5H,3H2,(H,10,11). The molecule has 3 nitrogen and oxygen atoms in total. The van der Waals surface area contributed by atoms with Crippen LogP contribution in [0.15, 0.2) is 12.2 Å². The number of hydrogen-bond donors (Lipinski definition) is 1. The van der Waals surface area contributed by atoms with Crippen molar-refractivity contribution in [3.8, 4) is 0 Å². The highest BCUT2D eigenvalue weighted by Crippen LogP contribution is 2.13. The Morgan fingerprint density at radius 2 is 2.00 bits per heavy atom. The molecule has 0 amide bonds. The molecule has 0 aromatic rings. The van der Waals surface area contributed by atoms with Gasteiger partial charge in [0.2, 0.25) is 0 Å². The largest absolute Gasteiger partial charge is 0.505 e. The van der Waals surface area contributed by atoms with Crippen molar-refractivity contribution in [1.82, 2.24) is 0 Å². The van der Waals surface area contributed by atoms with E-state index in [1.54, 1.807) is 0 Å². The second-order valence-electron chi connectivity index (χ2n) is 1.81. The number of halogens is 3. The van der Waals surface area contributed by atoms with Crippen LogP contribution in [0.5, 0.6) is 0 Å². The molecule has 1 N–H and O–H groups in total. The molecule has 0 aromatic carbocycles. The molecule has 0 bridgehead atoms. The van der Waals surface area contributed by atoms with Gasteiger partial charge in [-0.25, -0.2) is 4.79 Å².